The summed E-state index contributed by atoms with van der Waals surface area (Å²) in [5.41, 5.74) is -0.619. The van der Waals surface area contributed by atoms with Gasteiger partial charge in [0.2, 0.25) is 0 Å². The molecule has 8 heteroatoms. The van der Waals surface area contributed by atoms with Gasteiger partial charge in [0.05, 0.1) is 24.7 Å². The Labute approximate surface area is 199 Å². The molecule has 8 nitrogen and oxygen atoms in total. The predicted molar refractivity (Wildman–Crippen MR) is 124 cm³/mol. The molecule has 2 heterocycles. The Bertz CT molecular complexity index is 652. The van der Waals surface area contributed by atoms with Crippen LogP contribution in [0, 0.1) is 5.92 Å². The first-order chi connectivity index (χ1) is 15.7. The highest BCUT2D eigenvalue weighted by molar-refractivity contribution is 5.79. The van der Waals surface area contributed by atoms with Crippen molar-refractivity contribution in [2.45, 2.75) is 103 Å². The van der Waals surface area contributed by atoms with Crippen LogP contribution in [0.2, 0.25) is 0 Å². The summed E-state index contributed by atoms with van der Waals surface area (Å²) in [4.78, 5) is 30.4. The van der Waals surface area contributed by atoms with Crippen molar-refractivity contribution in [2.24, 2.45) is 5.92 Å². The molecule has 1 aliphatic carbocycles. The molecule has 1 unspecified atom stereocenters. The van der Waals surface area contributed by atoms with Crippen LogP contribution in [-0.2, 0) is 28.5 Å². The molecule has 0 radical (unpaired) electrons. The zero-order chi connectivity index (χ0) is 24.1. The number of hydrogen-bond donors (Lipinski definition) is 0. The van der Waals surface area contributed by atoms with Gasteiger partial charge in [-0.2, -0.15) is 0 Å². The van der Waals surface area contributed by atoms with Gasteiger partial charge in [-0.3, -0.25) is 14.6 Å². The predicted octanol–water partition coefficient (Wildman–Crippen LogP) is 3.33. The number of nitrogens with zero attached hydrogens (tertiary/aromatic N) is 2. The van der Waals surface area contributed by atoms with Gasteiger partial charge < -0.3 is 18.9 Å². The lowest BCUT2D eigenvalue weighted by Gasteiger charge is -2.48. The topological polar surface area (TPSA) is 77.5 Å². The molecule has 0 amide bonds. The average molecular weight is 469 g/mol. The van der Waals surface area contributed by atoms with Crippen LogP contribution < -0.4 is 0 Å². The van der Waals surface area contributed by atoms with Gasteiger partial charge in [-0.05, 0) is 79.6 Å². The van der Waals surface area contributed by atoms with Crippen molar-refractivity contribution in [1.29, 1.82) is 0 Å². The summed E-state index contributed by atoms with van der Waals surface area (Å²) < 4.78 is 24.0. The summed E-state index contributed by atoms with van der Waals surface area (Å²) in [6.45, 7) is 13.6. The van der Waals surface area contributed by atoms with Crippen molar-refractivity contribution in [3.05, 3.63) is 0 Å². The third-order valence-electron chi connectivity index (χ3n) is 6.80. The molecule has 0 spiro atoms. The number of hydrogen-bond acceptors (Lipinski definition) is 8. The van der Waals surface area contributed by atoms with Gasteiger partial charge in [0.1, 0.15) is 5.60 Å². The Morgan fingerprint density at radius 1 is 0.848 bits per heavy atom. The largest absolute Gasteiger partial charge is 0.466 e. The normalized spacial score (nSPS) is 29.1. The van der Waals surface area contributed by atoms with Gasteiger partial charge in [0.25, 0.3) is 5.85 Å². The molecule has 0 aromatic carbocycles. The van der Waals surface area contributed by atoms with Crippen molar-refractivity contribution >= 4 is 11.9 Å². The summed E-state index contributed by atoms with van der Waals surface area (Å²) in [5, 5.41) is 0. The number of likely N-dealkylation sites (tertiary alicyclic amines) is 2. The smallest absolute Gasteiger partial charge is 0.371 e. The third-order valence-corrected chi connectivity index (χ3v) is 6.80. The molecule has 190 valence electrons. The zero-order valence-corrected chi connectivity index (χ0v) is 21.3. The van der Waals surface area contributed by atoms with Gasteiger partial charge >= 0.3 is 11.9 Å². The zero-order valence-electron chi connectivity index (χ0n) is 21.3. The van der Waals surface area contributed by atoms with E-state index < -0.39 is 11.4 Å². The van der Waals surface area contributed by atoms with E-state index in [0.717, 1.165) is 64.6 Å². The van der Waals surface area contributed by atoms with Gasteiger partial charge in [-0.1, -0.05) is 0 Å². The van der Waals surface area contributed by atoms with Crippen LogP contribution in [0.1, 0.15) is 79.6 Å². The van der Waals surface area contributed by atoms with Crippen molar-refractivity contribution in [1.82, 2.24) is 9.80 Å². The minimum absolute atomic E-state index is 0.0818. The van der Waals surface area contributed by atoms with E-state index in [0.29, 0.717) is 19.8 Å². The van der Waals surface area contributed by atoms with Crippen LogP contribution >= 0.6 is 0 Å². The maximum absolute atomic E-state index is 13.9. The van der Waals surface area contributed by atoms with Crippen LogP contribution in [0.3, 0.4) is 0 Å². The lowest BCUT2D eigenvalue weighted by molar-refractivity contribution is -0.275. The highest BCUT2D eigenvalue weighted by atomic mass is 16.6. The van der Waals surface area contributed by atoms with E-state index in [9.17, 15) is 9.59 Å². The van der Waals surface area contributed by atoms with Crippen molar-refractivity contribution in [3.8, 4) is 0 Å². The van der Waals surface area contributed by atoms with E-state index in [2.05, 4.69) is 9.80 Å². The highest BCUT2D eigenvalue weighted by Crippen LogP contribution is 2.38. The molecule has 0 aromatic rings. The standard InChI is InChI=1S/C25H44N2O6/c1-6-30-21-14-17-27(18-21)25(26-15-8-9-16-26,23(29)33-24(3,4)5)32-20-12-10-19(11-13-20)22(28)31-7-2/h19-21H,6-18H2,1-5H3/t19?,20?,21-,25?/m1/s1. The van der Waals surface area contributed by atoms with E-state index in [1.165, 1.54) is 0 Å². The summed E-state index contributed by atoms with van der Waals surface area (Å²) in [7, 11) is 0. The summed E-state index contributed by atoms with van der Waals surface area (Å²) in [6.07, 6.45) is 5.79. The van der Waals surface area contributed by atoms with Crippen LogP contribution in [0.4, 0.5) is 0 Å². The average Bonchev–Trinajstić information content (AvgIpc) is 3.44. The Hall–Kier alpha value is -1.22. The summed E-state index contributed by atoms with van der Waals surface area (Å²) >= 11 is 0. The van der Waals surface area contributed by atoms with Crippen LogP contribution in [-0.4, -0.2) is 84.8 Å². The quantitative estimate of drug-likeness (QED) is 0.477. The number of ether oxygens (including phenoxy) is 4. The van der Waals surface area contributed by atoms with Crippen LogP contribution in [0.5, 0.6) is 0 Å². The third kappa shape index (κ3) is 6.47. The minimum Gasteiger partial charge on any atom is -0.466 e. The van der Waals surface area contributed by atoms with E-state index >= 15 is 0 Å². The molecule has 3 rings (SSSR count). The minimum atomic E-state index is -1.25. The van der Waals surface area contributed by atoms with Gasteiger partial charge in [0.15, 0.2) is 0 Å². The maximum Gasteiger partial charge on any atom is 0.371 e. The van der Waals surface area contributed by atoms with E-state index in [4.69, 9.17) is 18.9 Å². The molecule has 2 saturated heterocycles. The molecule has 0 bridgehead atoms. The molecule has 2 aliphatic heterocycles. The van der Waals surface area contributed by atoms with Gasteiger partial charge in [0, 0.05) is 32.8 Å². The number of carbonyl (C=O) groups excluding carboxylic acids is 2. The van der Waals surface area contributed by atoms with E-state index in [1.54, 1.807) is 0 Å². The molecule has 0 aromatic heterocycles. The van der Waals surface area contributed by atoms with Crippen molar-refractivity contribution in [2.75, 3.05) is 39.4 Å². The Morgan fingerprint density at radius 3 is 2.09 bits per heavy atom. The molecular weight excluding hydrogens is 424 g/mol. The van der Waals surface area contributed by atoms with E-state index in [-0.39, 0.29) is 30.1 Å². The molecule has 2 atom stereocenters. The molecule has 33 heavy (non-hydrogen) atoms. The van der Waals surface area contributed by atoms with Crippen molar-refractivity contribution in [3.63, 3.8) is 0 Å². The first kappa shape index (κ1) is 26.4. The fraction of sp³-hybridized carbons (Fsp3) is 0.920. The number of carbonyl (C=O) groups is 2. The fourth-order valence-electron chi connectivity index (χ4n) is 5.30. The second-order valence-corrected chi connectivity index (χ2v) is 10.5. The monoisotopic (exact) mass is 468 g/mol. The van der Waals surface area contributed by atoms with Crippen molar-refractivity contribution < 1.29 is 28.5 Å². The maximum atomic E-state index is 13.9. The first-order valence-electron chi connectivity index (χ1n) is 12.9. The second kappa shape index (κ2) is 11.5. The van der Waals surface area contributed by atoms with Crippen LogP contribution in [0.15, 0.2) is 0 Å². The molecular formula is C25H44N2O6. The summed E-state index contributed by atoms with van der Waals surface area (Å²) in [5.74, 6) is -1.78. The number of esters is 2. The molecule has 1 saturated carbocycles. The first-order valence-corrected chi connectivity index (χ1v) is 12.9. The molecule has 0 N–H and O–H groups in total. The van der Waals surface area contributed by atoms with E-state index in [1.807, 2.05) is 34.6 Å². The molecule has 3 aliphatic rings. The lowest BCUT2D eigenvalue weighted by Crippen LogP contribution is -2.68. The van der Waals surface area contributed by atoms with Gasteiger partial charge in [-0.25, -0.2) is 4.79 Å². The molecule has 3 fully saturated rings. The number of rotatable bonds is 9. The second-order valence-electron chi connectivity index (χ2n) is 10.5. The van der Waals surface area contributed by atoms with Crippen LogP contribution in [0.25, 0.3) is 0 Å². The lowest BCUT2D eigenvalue weighted by atomic mass is 9.87. The highest BCUT2D eigenvalue weighted by Gasteiger charge is 2.57. The fourth-order valence-corrected chi connectivity index (χ4v) is 5.30. The summed E-state index contributed by atoms with van der Waals surface area (Å²) in [6, 6.07) is 0. The SMILES string of the molecule is CCOC(=O)C1CCC(OC(C(=O)OC(C)(C)C)(N2CCCC2)N2CC[C@@H](OCC)C2)CC1. The Morgan fingerprint density at radius 2 is 1.52 bits per heavy atom. The Balaban J connectivity index is 1.84. The Kier molecular flexibility index (Phi) is 9.17. The van der Waals surface area contributed by atoms with Gasteiger partial charge in [-0.15, -0.1) is 0 Å².